The van der Waals surface area contributed by atoms with Gasteiger partial charge in [0.05, 0.1) is 0 Å². The van der Waals surface area contributed by atoms with Crippen LogP contribution in [0.2, 0.25) is 6.32 Å². The van der Waals surface area contributed by atoms with Crippen molar-refractivity contribution in [3.63, 3.8) is 0 Å². The lowest BCUT2D eigenvalue weighted by Crippen LogP contribution is -2.04. The molecule has 0 heterocycles. The molecular weight excluding hydrogens is 151 g/mol. The molecule has 0 aliphatic rings. The highest BCUT2D eigenvalue weighted by Crippen LogP contribution is 2.23. The quantitative estimate of drug-likeness (QED) is 0.436. The molecule has 0 aliphatic heterocycles. The third-order valence-electron chi connectivity index (χ3n) is 1.80. The lowest BCUT2D eigenvalue weighted by molar-refractivity contribution is 0.923. The molecule has 0 nitrogen and oxygen atoms in total. The summed E-state index contributed by atoms with van der Waals surface area (Å²) in [5.41, 5.74) is 1.41. The molecular formula is C9H19BS. The summed E-state index contributed by atoms with van der Waals surface area (Å²) in [6.45, 7) is 8.55. The summed E-state index contributed by atoms with van der Waals surface area (Å²) >= 11 is 2.05. The average molecular weight is 170 g/mol. The summed E-state index contributed by atoms with van der Waals surface area (Å²) in [4.78, 5) is 0. The van der Waals surface area contributed by atoms with Crippen molar-refractivity contribution in [3.8, 4) is 0 Å². The van der Waals surface area contributed by atoms with E-state index >= 15 is 0 Å². The Morgan fingerprint density at radius 1 is 1.55 bits per heavy atom. The monoisotopic (exact) mass is 170 g/mol. The van der Waals surface area contributed by atoms with Crippen LogP contribution in [-0.4, -0.2) is 18.8 Å². The van der Waals surface area contributed by atoms with Gasteiger partial charge < -0.3 is 0 Å². The Kier molecular flexibility index (Phi) is 6.94. The van der Waals surface area contributed by atoms with Gasteiger partial charge in [0, 0.05) is 5.25 Å². The SMILES string of the molecule is BCC(=C)C(CC)SCCC. The molecule has 0 radical (unpaired) electrons. The highest BCUT2D eigenvalue weighted by atomic mass is 32.2. The van der Waals surface area contributed by atoms with E-state index in [2.05, 4.69) is 40.0 Å². The second-order valence-electron chi connectivity index (χ2n) is 2.78. The Balaban J connectivity index is 3.65. The summed E-state index contributed by atoms with van der Waals surface area (Å²) in [7, 11) is 2.19. The van der Waals surface area contributed by atoms with E-state index in [4.69, 9.17) is 0 Å². The molecule has 0 aliphatic carbocycles. The fraction of sp³-hybridized carbons (Fsp3) is 0.778. The summed E-state index contributed by atoms with van der Waals surface area (Å²) in [6.07, 6.45) is 3.64. The average Bonchev–Trinajstić information content (AvgIpc) is 2.05. The van der Waals surface area contributed by atoms with Gasteiger partial charge in [-0.1, -0.05) is 32.3 Å². The Bertz CT molecular complexity index is 112. The standard InChI is InChI=1S/C9H19BS/c1-4-6-11-9(5-2)8(3)7-10/h9H,3-7,10H2,1-2H3. The first-order valence-electron chi connectivity index (χ1n) is 4.55. The van der Waals surface area contributed by atoms with Crippen LogP contribution < -0.4 is 0 Å². The first-order valence-corrected chi connectivity index (χ1v) is 5.60. The Labute approximate surface area is 76.2 Å². The van der Waals surface area contributed by atoms with Crippen LogP contribution >= 0.6 is 11.8 Å². The second-order valence-corrected chi connectivity index (χ2v) is 4.09. The van der Waals surface area contributed by atoms with Crippen molar-refractivity contribution in [2.45, 2.75) is 38.3 Å². The van der Waals surface area contributed by atoms with Crippen molar-refractivity contribution in [1.29, 1.82) is 0 Å². The van der Waals surface area contributed by atoms with Gasteiger partial charge in [-0.15, -0.1) is 0 Å². The Morgan fingerprint density at radius 3 is 2.55 bits per heavy atom. The minimum absolute atomic E-state index is 0.708. The summed E-state index contributed by atoms with van der Waals surface area (Å²) < 4.78 is 0. The lowest BCUT2D eigenvalue weighted by Gasteiger charge is -2.15. The van der Waals surface area contributed by atoms with Gasteiger partial charge in [-0.25, -0.2) is 0 Å². The minimum Gasteiger partial charge on any atom is -0.154 e. The fourth-order valence-electron chi connectivity index (χ4n) is 1.01. The molecule has 11 heavy (non-hydrogen) atoms. The van der Waals surface area contributed by atoms with Crippen LogP contribution in [0.5, 0.6) is 0 Å². The van der Waals surface area contributed by atoms with E-state index in [1.54, 1.807) is 0 Å². The Hall–Kier alpha value is 0.155. The molecule has 0 spiro atoms. The highest BCUT2D eigenvalue weighted by Gasteiger charge is 2.07. The van der Waals surface area contributed by atoms with E-state index in [-0.39, 0.29) is 0 Å². The van der Waals surface area contributed by atoms with Crippen LogP contribution in [0.25, 0.3) is 0 Å². The molecule has 1 unspecified atom stereocenters. The number of thioether (sulfide) groups is 1. The third-order valence-corrected chi connectivity index (χ3v) is 3.52. The maximum atomic E-state index is 4.08. The summed E-state index contributed by atoms with van der Waals surface area (Å²) in [5.74, 6) is 1.28. The van der Waals surface area contributed by atoms with Crippen molar-refractivity contribution in [3.05, 3.63) is 12.2 Å². The van der Waals surface area contributed by atoms with Gasteiger partial charge in [-0.2, -0.15) is 11.8 Å². The molecule has 0 fully saturated rings. The van der Waals surface area contributed by atoms with E-state index in [1.807, 2.05) is 0 Å². The topological polar surface area (TPSA) is 0 Å². The fourth-order valence-corrected chi connectivity index (χ4v) is 2.17. The maximum Gasteiger partial charge on any atom is 0.106 e. The van der Waals surface area contributed by atoms with E-state index in [0.29, 0.717) is 5.25 Å². The third kappa shape index (κ3) is 4.57. The predicted octanol–water partition coefficient (Wildman–Crippen LogP) is 2.52. The van der Waals surface area contributed by atoms with Crippen molar-refractivity contribution < 1.29 is 0 Å². The smallest absolute Gasteiger partial charge is 0.106 e. The maximum absolute atomic E-state index is 4.08. The molecule has 0 aromatic carbocycles. The zero-order valence-corrected chi connectivity index (χ0v) is 8.84. The van der Waals surface area contributed by atoms with Gasteiger partial charge in [0.2, 0.25) is 0 Å². The van der Waals surface area contributed by atoms with Gasteiger partial charge in [0.25, 0.3) is 0 Å². The zero-order valence-electron chi connectivity index (χ0n) is 8.02. The van der Waals surface area contributed by atoms with Crippen LogP contribution in [0.1, 0.15) is 26.7 Å². The molecule has 0 aromatic heterocycles. The van der Waals surface area contributed by atoms with Gasteiger partial charge in [-0.3, -0.25) is 0 Å². The lowest BCUT2D eigenvalue weighted by atomic mass is 9.95. The van der Waals surface area contributed by atoms with Crippen molar-refractivity contribution in [2.75, 3.05) is 5.75 Å². The molecule has 2 heteroatoms. The van der Waals surface area contributed by atoms with Crippen LogP contribution in [0.3, 0.4) is 0 Å². The predicted molar refractivity (Wildman–Crippen MR) is 59.3 cm³/mol. The molecule has 0 bridgehead atoms. The van der Waals surface area contributed by atoms with E-state index in [0.717, 1.165) is 6.32 Å². The van der Waals surface area contributed by atoms with Crippen LogP contribution in [0.15, 0.2) is 12.2 Å². The van der Waals surface area contributed by atoms with Crippen LogP contribution in [0.4, 0.5) is 0 Å². The molecule has 0 N–H and O–H groups in total. The molecule has 64 valence electrons. The van der Waals surface area contributed by atoms with E-state index in [9.17, 15) is 0 Å². The van der Waals surface area contributed by atoms with Crippen molar-refractivity contribution in [2.24, 2.45) is 0 Å². The van der Waals surface area contributed by atoms with Crippen molar-refractivity contribution >= 4 is 19.6 Å². The van der Waals surface area contributed by atoms with Crippen molar-refractivity contribution in [1.82, 2.24) is 0 Å². The first-order chi connectivity index (χ1) is 5.26. The van der Waals surface area contributed by atoms with Gasteiger partial charge >= 0.3 is 0 Å². The minimum atomic E-state index is 0.708. The molecule has 1 atom stereocenters. The molecule has 0 rings (SSSR count). The molecule has 0 saturated heterocycles. The summed E-state index contributed by atoms with van der Waals surface area (Å²) in [5, 5.41) is 0.708. The van der Waals surface area contributed by atoms with Crippen LogP contribution in [0, 0.1) is 0 Å². The number of hydrogen-bond donors (Lipinski definition) is 0. The normalized spacial score (nSPS) is 12.9. The zero-order chi connectivity index (χ0) is 8.69. The molecule has 0 saturated carbocycles. The summed E-state index contributed by atoms with van der Waals surface area (Å²) in [6, 6.07) is 0. The molecule has 0 amide bonds. The van der Waals surface area contributed by atoms with Gasteiger partial charge in [0.1, 0.15) is 7.85 Å². The molecule has 0 aromatic rings. The van der Waals surface area contributed by atoms with Gasteiger partial charge in [-0.05, 0) is 18.6 Å². The largest absolute Gasteiger partial charge is 0.154 e. The second kappa shape index (κ2) is 6.84. The Morgan fingerprint density at radius 2 is 2.18 bits per heavy atom. The van der Waals surface area contributed by atoms with Crippen LogP contribution in [-0.2, 0) is 0 Å². The first kappa shape index (κ1) is 11.2. The van der Waals surface area contributed by atoms with Gasteiger partial charge in [0.15, 0.2) is 0 Å². The number of rotatable bonds is 6. The van der Waals surface area contributed by atoms with E-state index < -0.39 is 0 Å². The highest BCUT2D eigenvalue weighted by molar-refractivity contribution is 8.00. The number of hydrogen-bond acceptors (Lipinski definition) is 1. The van der Waals surface area contributed by atoms with E-state index in [1.165, 1.54) is 24.2 Å².